The highest BCUT2D eigenvalue weighted by Crippen LogP contribution is 2.22. The lowest BCUT2D eigenvalue weighted by atomic mass is 10.2. The normalized spacial score (nSPS) is 10.8. The fourth-order valence-corrected chi connectivity index (χ4v) is 2.91. The van der Waals surface area contributed by atoms with E-state index in [1.165, 1.54) is 0 Å². The van der Waals surface area contributed by atoms with Gasteiger partial charge in [0.25, 0.3) is 5.91 Å². The van der Waals surface area contributed by atoms with Crippen molar-refractivity contribution in [2.45, 2.75) is 20.0 Å². The number of hydrogen-bond donors (Lipinski definition) is 1. The van der Waals surface area contributed by atoms with E-state index in [1.807, 2.05) is 37.3 Å². The van der Waals surface area contributed by atoms with Crippen molar-refractivity contribution in [3.63, 3.8) is 0 Å². The molecule has 1 amide bonds. The van der Waals surface area contributed by atoms with Gasteiger partial charge in [0.2, 0.25) is 0 Å². The van der Waals surface area contributed by atoms with E-state index in [4.69, 9.17) is 11.6 Å². The Morgan fingerprint density at radius 3 is 2.62 bits per heavy atom. The van der Waals surface area contributed by atoms with E-state index in [2.05, 4.69) is 31.4 Å². The molecule has 8 heteroatoms. The van der Waals surface area contributed by atoms with Crippen LogP contribution in [0, 0.1) is 0 Å². The monoisotopic (exact) mass is 407 g/mol. The summed E-state index contributed by atoms with van der Waals surface area (Å²) in [7, 11) is 0. The minimum Gasteiger partial charge on any atom is -0.302 e. The molecule has 0 spiro atoms. The number of anilines is 1. The summed E-state index contributed by atoms with van der Waals surface area (Å²) in [5, 5.41) is 11.6. The summed E-state index contributed by atoms with van der Waals surface area (Å²) >= 11 is 9.52. The highest BCUT2D eigenvalue weighted by Gasteiger charge is 2.18. The summed E-state index contributed by atoms with van der Waals surface area (Å²) in [6.07, 6.45) is 3.44. The van der Waals surface area contributed by atoms with Crippen molar-refractivity contribution in [1.29, 1.82) is 0 Å². The summed E-state index contributed by atoms with van der Waals surface area (Å²) in [5.74, 6) is -0.0449. The van der Waals surface area contributed by atoms with Crippen molar-refractivity contribution in [1.82, 2.24) is 19.6 Å². The zero-order valence-electron chi connectivity index (χ0n) is 12.9. The molecule has 0 aliphatic carbocycles. The minimum absolute atomic E-state index is 0.297. The Labute approximate surface area is 152 Å². The predicted molar refractivity (Wildman–Crippen MR) is 96.3 cm³/mol. The number of rotatable bonds is 5. The Morgan fingerprint density at radius 1 is 1.21 bits per heavy atom. The number of carbonyl (C=O) groups excluding carboxylic acids is 1. The van der Waals surface area contributed by atoms with Gasteiger partial charge in [-0.25, -0.2) is 0 Å². The van der Waals surface area contributed by atoms with Crippen LogP contribution in [0.25, 0.3) is 0 Å². The molecule has 6 nitrogen and oxygen atoms in total. The zero-order valence-corrected chi connectivity index (χ0v) is 15.3. The van der Waals surface area contributed by atoms with E-state index in [9.17, 15) is 4.79 Å². The van der Waals surface area contributed by atoms with Crippen LogP contribution in [0.2, 0.25) is 5.02 Å². The average Bonchev–Trinajstić information content (AvgIpc) is 3.11. The summed E-state index contributed by atoms with van der Waals surface area (Å²) in [6, 6.07) is 9.89. The van der Waals surface area contributed by atoms with E-state index in [0.717, 1.165) is 5.56 Å². The number of amides is 1. The predicted octanol–water partition coefficient (Wildman–Crippen LogP) is 3.82. The molecule has 0 unspecified atom stereocenters. The van der Waals surface area contributed by atoms with Crippen LogP contribution >= 0.6 is 27.5 Å². The lowest BCUT2D eigenvalue weighted by Gasteiger charge is -2.02. The highest BCUT2D eigenvalue weighted by molar-refractivity contribution is 9.10. The van der Waals surface area contributed by atoms with Crippen molar-refractivity contribution in [3.05, 3.63) is 63.5 Å². The molecular formula is C16H15BrClN5O. The van der Waals surface area contributed by atoms with Crippen molar-refractivity contribution < 1.29 is 4.79 Å². The third-order valence-electron chi connectivity index (χ3n) is 3.39. The highest BCUT2D eigenvalue weighted by atomic mass is 79.9. The number of hydrogen-bond acceptors (Lipinski definition) is 3. The van der Waals surface area contributed by atoms with E-state index >= 15 is 0 Å². The number of halogens is 2. The third-order valence-corrected chi connectivity index (χ3v) is 4.25. The quantitative estimate of drug-likeness (QED) is 0.698. The zero-order chi connectivity index (χ0) is 17.1. The fraction of sp³-hybridized carbons (Fsp3) is 0.188. The van der Waals surface area contributed by atoms with Crippen molar-refractivity contribution in [2.24, 2.45) is 0 Å². The first kappa shape index (κ1) is 16.7. The molecule has 124 valence electrons. The molecule has 0 radical (unpaired) electrons. The number of nitrogens with one attached hydrogen (secondary N) is 1. The number of nitrogens with zero attached hydrogens (tertiary/aromatic N) is 4. The van der Waals surface area contributed by atoms with Crippen molar-refractivity contribution >= 4 is 39.3 Å². The molecule has 24 heavy (non-hydrogen) atoms. The second-order valence-electron chi connectivity index (χ2n) is 5.14. The van der Waals surface area contributed by atoms with Gasteiger partial charge in [-0.15, -0.1) is 0 Å². The molecule has 3 rings (SSSR count). The van der Waals surface area contributed by atoms with Gasteiger partial charge in [0.05, 0.1) is 11.0 Å². The SMILES string of the molecule is CCn1cc(Br)c(C(=O)Nc2nn(Cc3ccccc3)cc2Cl)n1. The van der Waals surface area contributed by atoms with E-state index in [1.54, 1.807) is 21.8 Å². The molecule has 1 aromatic carbocycles. The third kappa shape index (κ3) is 3.68. The van der Waals surface area contributed by atoms with Crippen LogP contribution in [-0.2, 0) is 13.1 Å². The summed E-state index contributed by atoms with van der Waals surface area (Å²) in [5.41, 5.74) is 1.39. The molecule has 0 aliphatic heterocycles. The van der Waals surface area contributed by atoms with Gasteiger partial charge in [0.15, 0.2) is 11.5 Å². The van der Waals surface area contributed by atoms with Crippen LogP contribution in [0.5, 0.6) is 0 Å². The Morgan fingerprint density at radius 2 is 1.96 bits per heavy atom. The lowest BCUT2D eigenvalue weighted by molar-refractivity contribution is 0.102. The molecule has 0 atom stereocenters. The molecule has 0 saturated heterocycles. The summed E-state index contributed by atoms with van der Waals surface area (Å²) in [6.45, 7) is 3.20. The molecule has 0 fully saturated rings. The Bertz CT molecular complexity index is 859. The van der Waals surface area contributed by atoms with Crippen LogP contribution in [0.3, 0.4) is 0 Å². The Hall–Kier alpha value is -2.12. The Kier molecular flexibility index (Phi) is 5.01. The smallest absolute Gasteiger partial charge is 0.278 e. The van der Waals surface area contributed by atoms with E-state index in [-0.39, 0.29) is 5.91 Å². The number of aromatic nitrogens is 4. The average molecular weight is 409 g/mol. The number of benzene rings is 1. The molecule has 3 aromatic rings. The van der Waals surface area contributed by atoms with Gasteiger partial charge in [-0.3, -0.25) is 14.2 Å². The summed E-state index contributed by atoms with van der Waals surface area (Å²) < 4.78 is 3.99. The van der Waals surface area contributed by atoms with Gasteiger partial charge in [0, 0.05) is 18.9 Å². The maximum Gasteiger partial charge on any atom is 0.278 e. The minimum atomic E-state index is -0.360. The van der Waals surface area contributed by atoms with Gasteiger partial charge in [-0.05, 0) is 28.4 Å². The molecule has 0 saturated carbocycles. The van der Waals surface area contributed by atoms with Crippen LogP contribution in [0.1, 0.15) is 23.0 Å². The molecule has 2 heterocycles. The molecule has 2 aromatic heterocycles. The van der Waals surface area contributed by atoms with Gasteiger partial charge >= 0.3 is 0 Å². The van der Waals surface area contributed by atoms with Gasteiger partial charge in [-0.1, -0.05) is 41.9 Å². The number of aryl methyl sites for hydroxylation is 1. The first-order valence-corrected chi connectivity index (χ1v) is 8.55. The van der Waals surface area contributed by atoms with Crippen LogP contribution in [0.4, 0.5) is 5.82 Å². The van der Waals surface area contributed by atoms with Gasteiger partial charge < -0.3 is 5.32 Å². The van der Waals surface area contributed by atoms with Gasteiger partial charge in [0.1, 0.15) is 5.02 Å². The largest absolute Gasteiger partial charge is 0.302 e. The Balaban J connectivity index is 1.75. The maximum atomic E-state index is 12.4. The van der Waals surface area contributed by atoms with E-state index < -0.39 is 0 Å². The molecular weight excluding hydrogens is 394 g/mol. The van der Waals surface area contributed by atoms with Crippen molar-refractivity contribution in [3.8, 4) is 0 Å². The first-order chi connectivity index (χ1) is 11.6. The van der Waals surface area contributed by atoms with Crippen LogP contribution in [-0.4, -0.2) is 25.5 Å². The van der Waals surface area contributed by atoms with Crippen LogP contribution < -0.4 is 5.32 Å². The second-order valence-corrected chi connectivity index (χ2v) is 6.41. The fourth-order valence-electron chi connectivity index (χ4n) is 2.21. The van der Waals surface area contributed by atoms with E-state index in [0.29, 0.717) is 34.1 Å². The number of carbonyl (C=O) groups is 1. The topological polar surface area (TPSA) is 64.7 Å². The van der Waals surface area contributed by atoms with Crippen molar-refractivity contribution in [2.75, 3.05) is 5.32 Å². The first-order valence-electron chi connectivity index (χ1n) is 7.38. The second kappa shape index (κ2) is 7.19. The molecule has 0 bridgehead atoms. The summed E-state index contributed by atoms with van der Waals surface area (Å²) in [4.78, 5) is 12.4. The molecule has 0 aliphatic rings. The standard InChI is InChI=1S/C16H15BrClN5O/c1-2-22-9-12(17)14(20-22)16(24)19-15-13(18)10-23(21-15)8-11-6-4-3-5-7-11/h3-7,9-10H,2,8H2,1H3,(H,19,21,24). The lowest BCUT2D eigenvalue weighted by Crippen LogP contribution is -2.15. The maximum absolute atomic E-state index is 12.4. The molecule has 1 N–H and O–H groups in total. The van der Waals surface area contributed by atoms with Gasteiger partial charge in [-0.2, -0.15) is 10.2 Å². The van der Waals surface area contributed by atoms with Crippen LogP contribution in [0.15, 0.2) is 47.2 Å².